The van der Waals surface area contributed by atoms with E-state index in [2.05, 4.69) is 4.74 Å². The third-order valence-electron chi connectivity index (χ3n) is 2.25. The van der Waals surface area contributed by atoms with Crippen molar-refractivity contribution in [1.29, 1.82) is 0 Å². The number of rotatable bonds is 0. The zero-order chi connectivity index (χ0) is 9.31. The fourth-order valence-electron chi connectivity index (χ4n) is 1.51. The average Bonchev–Trinajstić information content (AvgIpc) is 2.29. The van der Waals surface area contributed by atoms with Crippen LogP contribution in [0.5, 0.6) is 0 Å². The summed E-state index contributed by atoms with van der Waals surface area (Å²) in [6.07, 6.45) is 0.0752. The summed E-state index contributed by atoms with van der Waals surface area (Å²) in [6.45, 7) is 1.36. The minimum Gasteiger partial charge on any atom is -0.393 e. The molecule has 1 spiro atoms. The van der Waals surface area contributed by atoms with E-state index < -0.39 is 17.4 Å². The van der Waals surface area contributed by atoms with Crippen LogP contribution in [0.25, 0.3) is 0 Å². The highest BCUT2D eigenvalue weighted by Crippen LogP contribution is 2.32. The van der Waals surface area contributed by atoms with Gasteiger partial charge in [0.05, 0.1) is 32.8 Å². The molecule has 0 aromatic heterocycles. The Hall–Kier alpha value is -0.940. The fraction of sp³-hybridized carbons (Fsp3) is 0.750. The SMILES string of the molecule is O=C1CC2(COCCOC2)C(=O)O1. The van der Waals surface area contributed by atoms with E-state index in [4.69, 9.17) is 9.47 Å². The largest absolute Gasteiger partial charge is 0.393 e. The predicted octanol–water partition coefficient (Wildman–Crippen LogP) is -0.507. The quantitative estimate of drug-likeness (QED) is 0.376. The molecule has 0 amide bonds. The number of hydrogen-bond acceptors (Lipinski definition) is 5. The lowest BCUT2D eigenvalue weighted by atomic mass is 9.88. The Morgan fingerprint density at radius 1 is 1.08 bits per heavy atom. The zero-order valence-corrected chi connectivity index (χ0v) is 7.08. The molecule has 0 radical (unpaired) electrons. The van der Waals surface area contributed by atoms with Crippen LogP contribution >= 0.6 is 0 Å². The average molecular weight is 186 g/mol. The second-order valence-electron chi connectivity index (χ2n) is 3.32. The molecular weight excluding hydrogens is 176 g/mol. The van der Waals surface area contributed by atoms with E-state index in [0.29, 0.717) is 13.2 Å². The lowest BCUT2D eigenvalue weighted by molar-refractivity contribution is -0.157. The first-order chi connectivity index (χ1) is 6.23. The third kappa shape index (κ3) is 1.45. The Bertz CT molecular complexity index is 239. The van der Waals surface area contributed by atoms with Gasteiger partial charge in [0.25, 0.3) is 0 Å². The zero-order valence-electron chi connectivity index (χ0n) is 7.08. The van der Waals surface area contributed by atoms with Gasteiger partial charge in [-0.2, -0.15) is 0 Å². The molecule has 72 valence electrons. The maximum Gasteiger partial charge on any atom is 0.325 e. The molecule has 2 fully saturated rings. The summed E-state index contributed by atoms with van der Waals surface area (Å²) < 4.78 is 14.8. The van der Waals surface area contributed by atoms with Gasteiger partial charge in [-0.15, -0.1) is 0 Å². The topological polar surface area (TPSA) is 61.8 Å². The molecule has 13 heavy (non-hydrogen) atoms. The molecule has 0 N–H and O–H groups in total. The van der Waals surface area contributed by atoms with Crippen LogP contribution in [0.1, 0.15) is 6.42 Å². The van der Waals surface area contributed by atoms with Gasteiger partial charge in [0, 0.05) is 0 Å². The monoisotopic (exact) mass is 186 g/mol. The van der Waals surface area contributed by atoms with Crippen LogP contribution < -0.4 is 0 Å². The van der Waals surface area contributed by atoms with Gasteiger partial charge < -0.3 is 14.2 Å². The van der Waals surface area contributed by atoms with Gasteiger partial charge in [0.2, 0.25) is 0 Å². The van der Waals surface area contributed by atoms with Crippen molar-refractivity contribution in [3.05, 3.63) is 0 Å². The standard InChI is InChI=1S/C8H10O5/c9-6-3-8(7(10)13-6)4-11-1-2-12-5-8/h1-5H2. The summed E-state index contributed by atoms with van der Waals surface area (Å²) in [4.78, 5) is 22.2. The summed E-state index contributed by atoms with van der Waals surface area (Å²) in [7, 11) is 0. The second kappa shape index (κ2) is 3.08. The van der Waals surface area contributed by atoms with Crippen molar-refractivity contribution in [2.45, 2.75) is 6.42 Å². The number of ether oxygens (including phenoxy) is 3. The van der Waals surface area contributed by atoms with E-state index in [1.165, 1.54) is 0 Å². The number of esters is 2. The van der Waals surface area contributed by atoms with Crippen molar-refractivity contribution < 1.29 is 23.8 Å². The first-order valence-electron chi connectivity index (χ1n) is 4.14. The van der Waals surface area contributed by atoms with Crippen LogP contribution in [0.4, 0.5) is 0 Å². The number of hydrogen-bond donors (Lipinski definition) is 0. The summed E-state index contributed by atoms with van der Waals surface area (Å²) in [5.74, 6) is -1.00. The lowest BCUT2D eigenvalue weighted by Crippen LogP contribution is -2.35. The predicted molar refractivity (Wildman–Crippen MR) is 39.8 cm³/mol. The molecule has 5 nitrogen and oxygen atoms in total. The molecule has 0 unspecified atom stereocenters. The number of cyclic esters (lactones) is 2. The Morgan fingerprint density at radius 2 is 1.69 bits per heavy atom. The first-order valence-corrected chi connectivity index (χ1v) is 4.14. The van der Waals surface area contributed by atoms with Crippen molar-refractivity contribution in [2.24, 2.45) is 5.41 Å². The van der Waals surface area contributed by atoms with Crippen molar-refractivity contribution >= 4 is 11.9 Å². The molecule has 2 heterocycles. The Balaban J connectivity index is 2.17. The first kappa shape index (κ1) is 8.65. The molecule has 0 bridgehead atoms. The maximum atomic E-state index is 11.3. The van der Waals surface area contributed by atoms with Gasteiger partial charge >= 0.3 is 11.9 Å². The van der Waals surface area contributed by atoms with E-state index in [1.54, 1.807) is 0 Å². The normalized spacial score (nSPS) is 27.4. The van der Waals surface area contributed by atoms with Crippen molar-refractivity contribution in [3.8, 4) is 0 Å². The molecule has 2 aliphatic rings. The highest BCUT2D eigenvalue weighted by Gasteiger charge is 2.50. The van der Waals surface area contributed by atoms with Crippen LogP contribution in [0.2, 0.25) is 0 Å². The van der Waals surface area contributed by atoms with E-state index in [1.807, 2.05) is 0 Å². The highest BCUT2D eigenvalue weighted by atomic mass is 16.6. The molecule has 0 aromatic carbocycles. The van der Waals surface area contributed by atoms with Gasteiger partial charge in [-0.05, 0) is 0 Å². The van der Waals surface area contributed by atoms with E-state index in [-0.39, 0.29) is 19.6 Å². The van der Waals surface area contributed by atoms with Crippen LogP contribution in [-0.2, 0) is 23.8 Å². The van der Waals surface area contributed by atoms with Crippen LogP contribution in [0.3, 0.4) is 0 Å². The molecule has 2 rings (SSSR count). The van der Waals surface area contributed by atoms with Gasteiger partial charge in [0.1, 0.15) is 5.41 Å². The van der Waals surface area contributed by atoms with E-state index >= 15 is 0 Å². The summed E-state index contributed by atoms with van der Waals surface area (Å²) >= 11 is 0. The molecule has 0 atom stereocenters. The van der Waals surface area contributed by atoms with Gasteiger partial charge in [-0.25, -0.2) is 0 Å². The molecule has 0 aromatic rings. The van der Waals surface area contributed by atoms with Crippen LogP contribution in [-0.4, -0.2) is 38.4 Å². The highest BCUT2D eigenvalue weighted by molar-refractivity contribution is 5.97. The van der Waals surface area contributed by atoms with E-state index in [9.17, 15) is 9.59 Å². The number of carbonyl (C=O) groups excluding carboxylic acids is 2. The smallest absolute Gasteiger partial charge is 0.325 e. The summed E-state index contributed by atoms with van der Waals surface area (Å²) in [5, 5.41) is 0. The van der Waals surface area contributed by atoms with Crippen molar-refractivity contribution in [2.75, 3.05) is 26.4 Å². The Morgan fingerprint density at radius 3 is 2.15 bits per heavy atom. The minimum atomic E-state index is -0.867. The molecule has 0 saturated carbocycles. The summed E-state index contributed by atoms with van der Waals surface area (Å²) in [5.41, 5.74) is -0.867. The third-order valence-corrected chi connectivity index (χ3v) is 2.25. The molecule has 0 aliphatic carbocycles. The van der Waals surface area contributed by atoms with Gasteiger partial charge in [-0.1, -0.05) is 0 Å². The molecule has 5 heteroatoms. The Labute approximate surface area is 74.9 Å². The Kier molecular flexibility index (Phi) is 2.05. The van der Waals surface area contributed by atoms with Crippen molar-refractivity contribution in [1.82, 2.24) is 0 Å². The molecule has 2 saturated heterocycles. The lowest BCUT2D eigenvalue weighted by Gasteiger charge is -2.18. The van der Waals surface area contributed by atoms with Gasteiger partial charge in [-0.3, -0.25) is 9.59 Å². The molecule has 2 aliphatic heterocycles. The van der Waals surface area contributed by atoms with Gasteiger partial charge in [0.15, 0.2) is 0 Å². The molecular formula is C8H10O5. The summed E-state index contributed by atoms with van der Waals surface area (Å²) in [6, 6.07) is 0. The van der Waals surface area contributed by atoms with Crippen molar-refractivity contribution in [3.63, 3.8) is 0 Å². The van der Waals surface area contributed by atoms with Crippen LogP contribution in [0.15, 0.2) is 0 Å². The van der Waals surface area contributed by atoms with Crippen LogP contribution in [0, 0.1) is 5.41 Å². The van der Waals surface area contributed by atoms with E-state index in [0.717, 1.165) is 0 Å². The number of carbonyl (C=O) groups is 2. The fourth-order valence-corrected chi connectivity index (χ4v) is 1.51. The second-order valence-corrected chi connectivity index (χ2v) is 3.32. The maximum absolute atomic E-state index is 11.3. The minimum absolute atomic E-state index is 0.0752.